The molecule has 2 heterocycles. The zero-order chi connectivity index (χ0) is 16.8. The fourth-order valence-electron chi connectivity index (χ4n) is 2.66. The van der Waals surface area contributed by atoms with Crippen LogP contribution in [0.15, 0.2) is 23.1 Å². The van der Waals surface area contributed by atoms with Crippen molar-refractivity contribution in [1.29, 1.82) is 5.26 Å². The predicted molar refractivity (Wildman–Crippen MR) is 91.8 cm³/mol. The zero-order valence-electron chi connectivity index (χ0n) is 13.1. The Hall–Kier alpha value is -2.27. The lowest BCUT2D eigenvalue weighted by atomic mass is 9.90. The molecule has 24 heavy (non-hydrogen) atoms. The van der Waals surface area contributed by atoms with Gasteiger partial charge in [0.25, 0.3) is 0 Å². The summed E-state index contributed by atoms with van der Waals surface area (Å²) >= 11 is 3.37. The second kappa shape index (κ2) is 8.02. The Labute approximate surface area is 148 Å². The van der Waals surface area contributed by atoms with E-state index in [0.29, 0.717) is 34.5 Å². The fourth-order valence-corrected chi connectivity index (χ4v) is 2.97. The highest BCUT2D eigenvalue weighted by Gasteiger charge is 2.15. The van der Waals surface area contributed by atoms with E-state index < -0.39 is 0 Å². The van der Waals surface area contributed by atoms with E-state index in [0.717, 1.165) is 0 Å². The van der Waals surface area contributed by atoms with Crippen LogP contribution < -0.4 is 10.1 Å². The Morgan fingerprint density at radius 3 is 2.71 bits per heavy atom. The Kier molecular flexibility index (Phi) is 5.54. The van der Waals surface area contributed by atoms with Gasteiger partial charge in [-0.2, -0.15) is 5.26 Å². The van der Waals surface area contributed by atoms with Gasteiger partial charge in [-0.05, 0) is 34.7 Å². The standard InChI is InChI=1S/C16H17BrN6O/c17-16-13(24-10-11-4-2-1-3-5-11)6-14(22-23-16)21-15-9-19-12(7-18)8-20-15/h6,8-9,11H,1-5,10H2,(H,20,21,22). The molecule has 1 aliphatic carbocycles. The number of ether oxygens (including phenoxy) is 1. The first-order valence-corrected chi connectivity index (χ1v) is 8.69. The van der Waals surface area contributed by atoms with Crippen LogP contribution in [0.3, 0.4) is 0 Å². The third-order valence-corrected chi connectivity index (χ3v) is 4.49. The number of halogens is 1. The number of rotatable bonds is 5. The average Bonchev–Trinajstić information content (AvgIpc) is 2.63. The van der Waals surface area contributed by atoms with E-state index in [2.05, 4.69) is 41.4 Å². The highest BCUT2D eigenvalue weighted by atomic mass is 79.9. The maximum absolute atomic E-state index is 8.73. The second-order valence-electron chi connectivity index (χ2n) is 5.72. The molecule has 1 aliphatic rings. The molecular formula is C16H17BrN6O. The van der Waals surface area contributed by atoms with Crippen LogP contribution in [-0.4, -0.2) is 26.8 Å². The molecule has 0 bridgehead atoms. The average molecular weight is 389 g/mol. The molecular weight excluding hydrogens is 372 g/mol. The van der Waals surface area contributed by atoms with Crippen molar-refractivity contribution in [2.45, 2.75) is 32.1 Å². The van der Waals surface area contributed by atoms with E-state index in [-0.39, 0.29) is 5.69 Å². The summed E-state index contributed by atoms with van der Waals surface area (Å²) in [5.41, 5.74) is 0.263. The van der Waals surface area contributed by atoms with Gasteiger partial charge in [0.1, 0.15) is 11.9 Å². The molecule has 1 fully saturated rings. The van der Waals surface area contributed by atoms with Crippen molar-refractivity contribution in [2.75, 3.05) is 11.9 Å². The van der Waals surface area contributed by atoms with Crippen molar-refractivity contribution in [2.24, 2.45) is 5.92 Å². The van der Waals surface area contributed by atoms with Crippen molar-refractivity contribution in [3.8, 4) is 11.8 Å². The number of nitriles is 1. The monoisotopic (exact) mass is 388 g/mol. The molecule has 0 aliphatic heterocycles. The second-order valence-corrected chi connectivity index (χ2v) is 6.47. The summed E-state index contributed by atoms with van der Waals surface area (Å²) in [6.07, 6.45) is 9.22. The quantitative estimate of drug-likeness (QED) is 0.835. The van der Waals surface area contributed by atoms with Crippen LogP contribution in [0.5, 0.6) is 5.75 Å². The van der Waals surface area contributed by atoms with Crippen LogP contribution in [0.25, 0.3) is 0 Å². The number of anilines is 2. The first-order valence-electron chi connectivity index (χ1n) is 7.90. The highest BCUT2D eigenvalue weighted by Crippen LogP contribution is 2.28. The number of hydrogen-bond donors (Lipinski definition) is 1. The molecule has 1 saturated carbocycles. The molecule has 1 N–H and O–H groups in total. The van der Waals surface area contributed by atoms with Gasteiger partial charge in [-0.3, -0.25) is 0 Å². The van der Waals surface area contributed by atoms with Crippen LogP contribution in [0.1, 0.15) is 37.8 Å². The largest absolute Gasteiger partial charge is 0.490 e. The third kappa shape index (κ3) is 4.38. The molecule has 2 aromatic heterocycles. The summed E-state index contributed by atoms with van der Waals surface area (Å²) in [4.78, 5) is 8.06. The first-order chi connectivity index (χ1) is 11.7. The molecule has 0 spiro atoms. The summed E-state index contributed by atoms with van der Waals surface area (Å²) in [5.74, 6) is 2.26. The summed E-state index contributed by atoms with van der Waals surface area (Å²) in [6, 6.07) is 3.70. The van der Waals surface area contributed by atoms with Gasteiger partial charge < -0.3 is 10.1 Å². The lowest BCUT2D eigenvalue weighted by molar-refractivity contribution is 0.207. The minimum atomic E-state index is 0.263. The smallest absolute Gasteiger partial charge is 0.170 e. The summed E-state index contributed by atoms with van der Waals surface area (Å²) < 4.78 is 6.50. The number of aromatic nitrogens is 4. The van der Waals surface area contributed by atoms with Crippen LogP contribution in [0, 0.1) is 17.2 Å². The minimum absolute atomic E-state index is 0.263. The summed E-state index contributed by atoms with van der Waals surface area (Å²) in [7, 11) is 0. The molecule has 0 amide bonds. The van der Waals surface area contributed by atoms with Crippen molar-refractivity contribution < 1.29 is 4.74 Å². The van der Waals surface area contributed by atoms with Crippen molar-refractivity contribution >= 4 is 27.6 Å². The molecule has 0 atom stereocenters. The Balaban J connectivity index is 1.65. The first kappa shape index (κ1) is 16.6. The van der Waals surface area contributed by atoms with Crippen LogP contribution in [0.2, 0.25) is 0 Å². The number of nitrogens with one attached hydrogen (secondary N) is 1. The van der Waals surface area contributed by atoms with Crippen molar-refractivity contribution in [3.05, 3.63) is 28.8 Å². The van der Waals surface area contributed by atoms with Gasteiger partial charge in [-0.25, -0.2) is 9.97 Å². The predicted octanol–water partition coefficient (Wildman–Crippen LogP) is 3.60. The summed E-state index contributed by atoms with van der Waals surface area (Å²) in [5, 5.41) is 19.8. The molecule has 124 valence electrons. The molecule has 8 heteroatoms. The lowest BCUT2D eigenvalue weighted by Crippen LogP contribution is -2.15. The summed E-state index contributed by atoms with van der Waals surface area (Å²) in [6.45, 7) is 0.695. The molecule has 3 rings (SSSR count). The maximum atomic E-state index is 8.73. The Morgan fingerprint density at radius 2 is 2.00 bits per heavy atom. The molecule has 0 unspecified atom stereocenters. The zero-order valence-corrected chi connectivity index (χ0v) is 14.7. The van der Waals surface area contributed by atoms with E-state index >= 15 is 0 Å². The molecule has 0 radical (unpaired) electrons. The van der Waals surface area contributed by atoms with Gasteiger partial charge in [0, 0.05) is 6.07 Å². The normalized spacial score (nSPS) is 14.8. The Morgan fingerprint density at radius 1 is 1.17 bits per heavy atom. The van der Waals surface area contributed by atoms with Gasteiger partial charge in [-0.1, -0.05) is 19.3 Å². The van der Waals surface area contributed by atoms with E-state index in [1.165, 1.54) is 44.5 Å². The number of hydrogen-bond acceptors (Lipinski definition) is 7. The third-order valence-electron chi connectivity index (χ3n) is 3.94. The lowest BCUT2D eigenvalue weighted by Gasteiger charge is -2.21. The van der Waals surface area contributed by atoms with Gasteiger partial charge in [-0.15, -0.1) is 10.2 Å². The molecule has 0 aromatic carbocycles. The topological polar surface area (TPSA) is 96.6 Å². The van der Waals surface area contributed by atoms with Gasteiger partial charge in [0.05, 0.1) is 19.0 Å². The van der Waals surface area contributed by atoms with Gasteiger partial charge in [0.2, 0.25) is 0 Å². The highest BCUT2D eigenvalue weighted by molar-refractivity contribution is 9.10. The van der Waals surface area contributed by atoms with E-state index in [4.69, 9.17) is 10.00 Å². The SMILES string of the molecule is N#Cc1cnc(Nc2cc(OCC3CCCCC3)c(Br)nn2)cn1. The van der Waals surface area contributed by atoms with E-state index in [1.54, 1.807) is 6.07 Å². The van der Waals surface area contributed by atoms with Crippen molar-refractivity contribution in [3.63, 3.8) is 0 Å². The van der Waals surface area contributed by atoms with Gasteiger partial charge in [0.15, 0.2) is 21.9 Å². The van der Waals surface area contributed by atoms with Crippen LogP contribution >= 0.6 is 15.9 Å². The molecule has 2 aromatic rings. The molecule has 7 nitrogen and oxygen atoms in total. The molecule has 0 saturated heterocycles. The maximum Gasteiger partial charge on any atom is 0.170 e. The van der Waals surface area contributed by atoms with E-state index in [9.17, 15) is 0 Å². The number of nitrogens with zero attached hydrogens (tertiary/aromatic N) is 5. The fraction of sp³-hybridized carbons (Fsp3) is 0.438. The van der Waals surface area contributed by atoms with Gasteiger partial charge >= 0.3 is 0 Å². The van der Waals surface area contributed by atoms with Crippen LogP contribution in [0.4, 0.5) is 11.6 Å². The van der Waals surface area contributed by atoms with Crippen LogP contribution in [-0.2, 0) is 0 Å². The minimum Gasteiger partial charge on any atom is -0.490 e. The van der Waals surface area contributed by atoms with Crippen molar-refractivity contribution in [1.82, 2.24) is 20.2 Å². The van der Waals surface area contributed by atoms with E-state index in [1.807, 2.05) is 6.07 Å². The Bertz CT molecular complexity index is 724.